The first-order chi connectivity index (χ1) is 10.4. The predicted molar refractivity (Wildman–Crippen MR) is 86.2 cm³/mol. The molecule has 2 aromatic carbocycles. The lowest BCUT2D eigenvalue weighted by molar-refractivity contribution is 0.184. The van der Waals surface area contributed by atoms with Gasteiger partial charge in [0, 0.05) is 25.2 Å². The largest absolute Gasteiger partial charge is 0.380 e. The van der Waals surface area contributed by atoms with Crippen LogP contribution in [0.1, 0.15) is 11.1 Å². The number of hydrogen-bond donors (Lipinski definition) is 1. The van der Waals surface area contributed by atoms with Gasteiger partial charge in [-0.1, -0.05) is 48.5 Å². The molecule has 0 saturated carbocycles. The summed E-state index contributed by atoms with van der Waals surface area (Å²) < 4.78 is 5.25. The molecule has 0 aliphatic rings. The van der Waals surface area contributed by atoms with Gasteiger partial charge < -0.3 is 10.1 Å². The van der Waals surface area contributed by atoms with Crippen LogP contribution >= 0.6 is 0 Å². The van der Waals surface area contributed by atoms with E-state index in [0.29, 0.717) is 6.61 Å². The molecule has 3 aromatic rings. The Morgan fingerprint density at radius 1 is 0.952 bits per heavy atom. The van der Waals surface area contributed by atoms with Crippen molar-refractivity contribution >= 4 is 16.6 Å². The third kappa shape index (κ3) is 3.03. The second-order valence-electron chi connectivity index (χ2n) is 4.94. The lowest BCUT2D eigenvalue weighted by atomic mass is 10.1. The van der Waals surface area contributed by atoms with E-state index in [2.05, 4.69) is 34.6 Å². The maximum Gasteiger partial charge on any atom is 0.134 e. The first-order valence-electron chi connectivity index (χ1n) is 7.02. The quantitative estimate of drug-likeness (QED) is 0.766. The van der Waals surface area contributed by atoms with Gasteiger partial charge in [-0.05, 0) is 22.6 Å². The Balaban J connectivity index is 1.84. The van der Waals surface area contributed by atoms with Gasteiger partial charge in [-0.2, -0.15) is 0 Å². The van der Waals surface area contributed by atoms with E-state index < -0.39 is 0 Å². The van der Waals surface area contributed by atoms with E-state index in [-0.39, 0.29) is 0 Å². The molecule has 1 heterocycles. The molecule has 0 amide bonds. The lowest BCUT2D eigenvalue weighted by Gasteiger charge is -2.12. The maximum absolute atomic E-state index is 5.25. The van der Waals surface area contributed by atoms with Crippen LogP contribution in [-0.2, 0) is 17.9 Å². The van der Waals surface area contributed by atoms with Gasteiger partial charge in [0.1, 0.15) is 5.82 Å². The molecule has 0 radical (unpaired) electrons. The summed E-state index contributed by atoms with van der Waals surface area (Å²) in [4.78, 5) is 4.46. The van der Waals surface area contributed by atoms with Crippen molar-refractivity contribution in [2.45, 2.75) is 13.2 Å². The average Bonchev–Trinajstić information content (AvgIpc) is 2.54. The Morgan fingerprint density at radius 2 is 1.71 bits per heavy atom. The number of nitrogens with one attached hydrogen (secondary N) is 1. The summed E-state index contributed by atoms with van der Waals surface area (Å²) in [5.74, 6) is 0.917. The highest BCUT2D eigenvalue weighted by molar-refractivity contribution is 5.91. The molecule has 1 N–H and O–H groups in total. The van der Waals surface area contributed by atoms with E-state index in [1.54, 1.807) is 7.11 Å². The standard InChI is InChI=1S/C18H18N2O/c1-21-13-16-8-3-2-7-15(16)12-20-18-17-9-5-4-6-14(17)10-11-19-18/h2-11H,12-13H2,1H3,(H,19,20). The van der Waals surface area contributed by atoms with Crippen molar-refractivity contribution in [2.24, 2.45) is 0 Å². The van der Waals surface area contributed by atoms with Crippen LogP contribution in [0, 0.1) is 0 Å². The zero-order chi connectivity index (χ0) is 14.5. The van der Waals surface area contributed by atoms with Gasteiger partial charge >= 0.3 is 0 Å². The van der Waals surface area contributed by atoms with E-state index in [1.165, 1.54) is 16.5 Å². The van der Waals surface area contributed by atoms with Gasteiger partial charge in [0.15, 0.2) is 0 Å². The van der Waals surface area contributed by atoms with E-state index in [4.69, 9.17) is 4.74 Å². The number of nitrogens with zero attached hydrogens (tertiary/aromatic N) is 1. The highest BCUT2D eigenvalue weighted by Gasteiger charge is 2.04. The third-order valence-electron chi connectivity index (χ3n) is 3.54. The zero-order valence-corrected chi connectivity index (χ0v) is 12.0. The van der Waals surface area contributed by atoms with Gasteiger partial charge in [0.05, 0.1) is 6.61 Å². The molecule has 0 atom stereocenters. The number of anilines is 1. The maximum atomic E-state index is 5.25. The number of benzene rings is 2. The number of aromatic nitrogens is 1. The van der Waals surface area contributed by atoms with E-state index in [0.717, 1.165) is 17.7 Å². The summed E-state index contributed by atoms with van der Waals surface area (Å²) in [6.45, 7) is 1.36. The smallest absolute Gasteiger partial charge is 0.134 e. The van der Waals surface area contributed by atoms with Crippen LogP contribution in [0.4, 0.5) is 5.82 Å². The van der Waals surface area contributed by atoms with Gasteiger partial charge in [-0.25, -0.2) is 4.98 Å². The summed E-state index contributed by atoms with van der Waals surface area (Å²) in [7, 11) is 1.72. The summed E-state index contributed by atoms with van der Waals surface area (Å²) >= 11 is 0. The number of rotatable bonds is 5. The monoisotopic (exact) mass is 278 g/mol. The molecule has 3 rings (SSSR count). The van der Waals surface area contributed by atoms with E-state index >= 15 is 0 Å². The Bertz CT molecular complexity index is 735. The molecular formula is C18H18N2O. The van der Waals surface area contributed by atoms with Crippen LogP contribution in [0.25, 0.3) is 10.8 Å². The Labute approximate surface area is 124 Å². The van der Waals surface area contributed by atoms with Gasteiger partial charge in [-0.15, -0.1) is 0 Å². The van der Waals surface area contributed by atoms with E-state index in [1.807, 2.05) is 36.5 Å². The van der Waals surface area contributed by atoms with Crippen LogP contribution in [-0.4, -0.2) is 12.1 Å². The molecule has 0 aliphatic heterocycles. The SMILES string of the molecule is COCc1ccccc1CNc1nccc2ccccc12. The summed E-state index contributed by atoms with van der Waals surface area (Å²) in [6, 6.07) is 18.6. The molecule has 21 heavy (non-hydrogen) atoms. The predicted octanol–water partition coefficient (Wildman–Crippen LogP) is 3.99. The van der Waals surface area contributed by atoms with Crippen molar-refractivity contribution in [3.8, 4) is 0 Å². The second-order valence-corrected chi connectivity index (χ2v) is 4.94. The van der Waals surface area contributed by atoms with Crippen molar-refractivity contribution in [1.29, 1.82) is 0 Å². The van der Waals surface area contributed by atoms with Crippen LogP contribution < -0.4 is 5.32 Å². The van der Waals surface area contributed by atoms with Crippen molar-refractivity contribution in [2.75, 3.05) is 12.4 Å². The van der Waals surface area contributed by atoms with Crippen molar-refractivity contribution in [3.63, 3.8) is 0 Å². The average molecular weight is 278 g/mol. The summed E-state index contributed by atoms with van der Waals surface area (Å²) in [5, 5.41) is 5.77. The molecular weight excluding hydrogens is 260 g/mol. The zero-order valence-electron chi connectivity index (χ0n) is 12.0. The van der Waals surface area contributed by atoms with Crippen LogP contribution in [0.3, 0.4) is 0 Å². The van der Waals surface area contributed by atoms with E-state index in [9.17, 15) is 0 Å². The molecule has 0 unspecified atom stereocenters. The molecule has 0 aliphatic carbocycles. The fraction of sp³-hybridized carbons (Fsp3) is 0.167. The molecule has 0 saturated heterocycles. The van der Waals surface area contributed by atoms with Gasteiger partial charge in [0.25, 0.3) is 0 Å². The number of pyridine rings is 1. The van der Waals surface area contributed by atoms with Crippen LogP contribution in [0.5, 0.6) is 0 Å². The minimum atomic E-state index is 0.626. The van der Waals surface area contributed by atoms with Crippen molar-refractivity contribution in [3.05, 3.63) is 71.9 Å². The van der Waals surface area contributed by atoms with Crippen molar-refractivity contribution < 1.29 is 4.74 Å². The first-order valence-corrected chi connectivity index (χ1v) is 7.02. The molecule has 3 nitrogen and oxygen atoms in total. The number of hydrogen-bond acceptors (Lipinski definition) is 3. The minimum absolute atomic E-state index is 0.626. The topological polar surface area (TPSA) is 34.1 Å². The van der Waals surface area contributed by atoms with Gasteiger partial charge in [-0.3, -0.25) is 0 Å². The minimum Gasteiger partial charge on any atom is -0.380 e. The van der Waals surface area contributed by atoms with Gasteiger partial charge in [0.2, 0.25) is 0 Å². The molecule has 106 valence electrons. The molecule has 3 heteroatoms. The number of fused-ring (bicyclic) bond motifs is 1. The Kier molecular flexibility index (Phi) is 4.12. The normalized spacial score (nSPS) is 10.7. The highest BCUT2D eigenvalue weighted by atomic mass is 16.5. The summed E-state index contributed by atoms with van der Waals surface area (Å²) in [6.07, 6.45) is 1.84. The molecule has 1 aromatic heterocycles. The second kappa shape index (κ2) is 6.37. The summed E-state index contributed by atoms with van der Waals surface area (Å²) in [5.41, 5.74) is 2.43. The Morgan fingerprint density at radius 3 is 2.57 bits per heavy atom. The molecule has 0 bridgehead atoms. The first kappa shape index (κ1) is 13.6. The fourth-order valence-corrected chi connectivity index (χ4v) is 2.47. The lowest BCUT2D eigenvalue weighted by Crippen LogP contribution is -2.05. The molecule has 0 fully saturated rings. The number of ether oxygens (including phenoxy) is 1. The van der Waals surface area contributed by atoms with Crippen LogP contribution in [0.2, 0.25) is 0 Å². The number of methoxy groups -OCH3 is 1. The van der Waals surface area contributed by atoms with Crippen LogP contribution in [0.15, 0.2) is 60.8 Å². The molecule has 0 spiro atoms. The highest BCUT2D eigenvalue weighted by Crippen LogP contribution is 2.21. The fourth-order valence-electron chi connectivity index (χ4n) is 2.47. The van der Waals surface area contributed by atoms with Crippen molar-refractivity contribution in [1.82, 2.24) is 4.98 Å². The third-order valence-corrected chi connectivity index (χ3v) is 3.54. The Hall–Kier alpha value is -2.39.